The lowest BCUT2D eigenvalue weighted by Crippen LogP contribution is -2.29. The second-order valence-electron chi connectivity index (χ2n) is 4.88. The fourth-order valence-electron chi connectivity index (χ4n) is 1.88. The molecule has 6 nitrogen and oxygen atoms in total. The van der Waals surface area contributed by atoms with E-state index in [4.69, 9.17) is 5.11 Å². The number of nitrogens with one attached hydrogen (secondary N) is 2. The van der Waals surface area contributed by atoms with Gasteiger partial charge in [-0.1, -0.05) is 6.92 Å². The summed E-state index contributed by atoms with van der Waals surface area (Å²) in [5, 5.41) is 16.1. The van der Waals surface area contributed by atoms with Crippen molar-refractivity contribution in [3.05, 3.63) is 17.0 Å². The van der Waals surface area contributed by atoms with E-state index in [1.54, 1.807) is 5.38 Å². The molecule has 1 heterocycles. The van der Waals surface area contributed by atoms with Gasteiger partial charge in [0, 0.05) is 18.9 Å². The Balaban J connectivity index is 1.74. The van der Waals surface area contributed by atoms with Gasteiger partial charge in [-0.05, 0) is 23.8 Å². The third-order valence-electron chi connectivity index (χ3n) is 3.25. The Morgan fingerprint density at radius 1 is 1.45 bits per heavy atom. The van der Waals surface area contributed by atoms with E-state index < -0.39 is 5.97 Å². The Bertz CT molecular complexity index is 540. The Morgan fingerprint density at radius 3 is 2.75 bits per heavy atom. The van der Waals surface area contributed by atoms with Crippen molar-refractivity contribution in [1.29, 1.82) is 0 Å². The number of carboxylic acid groups (broad SMARTS) is 1. The quantitative estimate of drug-likeness (QED) is 0.742. The number of carbonyl (C=O) groups is 3. The van der Waals surface area contributed by atoms with E-state index in [2.05, 4.69) is 10.6 Å². The molecule has 0 aromatic carbocycles. The van der Waals surface area contributed by atoms with Crippen molar-refractivity contribution in [2.75, 3.05) is 11.9 Å². The normalized spacial score (nSPS) is 20.2. The molecule has 0 bridgehead atoms. The van der Waals surface area contributed by atoms with E-state index in [1.807, 2.05) is 6.92 Å². The SMILES string of the molecule is CC1CC1C(=O)NCCC(=O)Nc1sccc1C(=O)O. The highest BCUT2D eigenvalue weighted by Crippen LogP contribution is 2.37. The third kappa shape index (κ3) is 3.57. The molecule has 1 fully saturated rings. The van der Waals surface area contributed by atoms with Crippen molar-refractivity contribution >= 4 is 34.1 Å². The number of hydrogen-bond donors (Lipinski definition) is 3. The number of rotatable bonds is 6. The first-order chi connectivity index (χ1) is 9.49. The second kappa shape index (κ2) is 6.04. The van der Waals surface area contributed by atoms with Gasteiger partial charge in [0.15, 0.2) is 0 Å². The lowest BCUT2D eigenvalue weighted by molar-refractivity contribution is -0.122. The molecule has 108 valence electrons. The number of hydrogen-bond acceptors (Lipinski definition) is 4. The Morgan fingerprint density at radius 2 is 2.15 bits per heavy atom. The number of anilines is 1. The number of carbonyl (C=O) groups excluding carboxylic acids is 2. The predicted octanol–water partition coefficient (Wildman–Crippen LogP) is 1.55. The van der Waals surface area contributed by atoms with Gasteiger partial charge in [-0.15, -0.1) is 11.3 Å². The lowest BCUT2D eigenvalue weighted by atomic mass is 10.3. The van der Waals surface area contributed by atoms with Crippen LogP contribution in [0.2, 0.25) is 0 Å². The van der Waals surface area contributed by atoms with Gasteiger partial charge in [-0.25, -0.2) is 4.79 Å². The van der Waals surface area contributed by atoms with Crippen molar-refractivity contribution in [1.82, 2.24) is 5.32 Å². The topological polar surface area (TPSA) is 95.5 Å². The van der Waals surface area contributed by atoms with Gasteiger partial charge in [0.1, 0.15) is 5.00 Å². The molecule has 7 heteroatoms. The van der Waals surface area contributed by atoms with Gasteiger partial charge in [0.05, 0.1) is 5.56 Å². The summed E-state index contributed by atoms with van der Waals surface area (Å²) in [5.74, 6) is -0.855. The van der Waals surface area contributed by atoms with Crippen molar-refractivity contribution in [3.63, 3.8) is 0 Å². The summed E-state index contributed by atoms with van der Waals surface area (Å²) in [7, 11) is 0. The van der Waals surface area contributed by atoms with Gasteiger partial charge >= 0.3 is 5.97 Å². The molecule has 1 saturated carbocycles. The molecule has 3 N–H and O–H groups in total. The maximum absolute atomic E-state index is 11.7. The molecular formula is C13H16N2O4S. The van der Waals surface area contributed by atoms with Crippen LogP contribution in [0.1, 0.15) is 30.1 Å². The molecule has 0 aliphatic heterocycles. The third-order valence-corrected chi connectivity index (χ3v) is 4.08. The predicted molar refractivity (Wildman–Crippen MR) is 74.8 cm³/mol. The highest BCUT2D eigenvalue weighted by molar-refractivity contribution is 7.14. The van der Waals surface area contributed by atoms with E-state index in [0.717, 1.165) is 17.8 Å². The van der Waals surface area contributed by atoms with Crippen LogP contribution >= 0.6 is 11.3 Å². The molecular weight excluding hydrogens is 280 g/mol. The lowest BCUT2D eigenvalue weighted by Gasteiger charge is -2.06. The average Bonchev–Trinajstić information content (AvgIpc) is 2.92. The summed E-state index contributed by atoms with van der Waals surface area (Å²) < 4.78 is 0. The number of aromatic carboxylic acids is 1. The Hall–Kier alpha value is -1.89. The van der Waals surface area contributed by atoms with Crippen LogP contribution in [0.5, 0.6) is 0 Å². The molecule has 20 heavy (non-hydrogen) atoms. The van der Waals surface area contributed by atoms with Gasteiger partial charge in [0.2, 0.25) is 11.8 Å². The minimum absolute atomic E-state index is 0.00681. The van der Waals surface area contributed by atoms with E-state index in [-0.39, 0.29) is 36.3 Å². The van der Waals surface area contributed by atoms with E-state index in [0.29, 0.717) is 10.9 Å². The highest BCUT2D eigenvalue weighted by Gasteiger charge is 2.38. The number of thiophene rings is 1. The molecule has 2 atom stereocenters. The van der Waals surface area contributed by atoms with Gasteiger partial charge < -0.3 is 15.7 Å². The molecule has 1 aliphatic rings. The summed E-state index contributed by atoms with van der Waals surface area (Å²) in [5.41, 5.74) is 0.0826. The summed E-state index contributed by atoms with van der Waals surface area (Å²) in [6.45, 7) is 2.28. The minimum Gasteiger partial charge on any atom is -0.478 e. The second-order valence-corrected chi connectivity index (χ2v) is 5.79. The Labute approximate surface area is 120 Å². The van der Waals surface area contributed by atoms with Crippen LogP contribution in [0.4, 0.5) is 5.00 Å². The standard InChI is InChI=1S/C13H16N2O4S/c1-7-6-9(7)11(17)14-4-2-10(16)15-12-8(13(18)19)3-5-20-12/h3,5,7,9H,2,4,6H2,1H3,(H,14,17)(H,15,16)(H,18,19). The van der Waals surface area contributed by atoms with Crippen LogP contribution < -0.4 is 10.6 Å². The molecule has 0 spiro atoms. The molecule has 1 aromatic rings. The molecule has 2 amide bonds. The van der Waals surface area contributed by atoms with Crippen LogP contribution in [0.15, 0.2) is 11.4 Å². The van der Waals surface area contributed by atoms with Crippen molar-refractivity contribution in [2.24, 2.45) is 11.8 Å². The van der Waals surface area contributed by atoms with Crippen LogP contribution in [-0.4, -0.2) is 29.4 Å². The number of carboxylic acids is 1. The maximum atomic E-state index is 11.7. The molecule has 0 saturated heterocycles. The first kappa shape index (κ1) is 14.5. The first-order valence-electron chi connectivity index (χ1n) is 6.37. The maximum Gasteiger partial charge on any atom is 0.338 e. The summed E-state index contributed by atoms with van der Waals surface area (Å²) in [6.07, 6.45) is 1.04. The zero-order valence-corrected chi connectivity index (χ0v) is 11.8. The smallest absolute Gasteiger partial charge is 0.338 e. The van der Waals surface area contributed by atoms with Crippen molar-refractivity contribution < 1.29 is 19.5 Å². The molecule has 2 unspecified atom stereocenters. The van der Waals surface area contributed by atoms with Crippen LogP contribution in [-0.2, 0) is 9.59 Å². The van der Waals surface area contributed by atoms with Gasteiger partial charge in [-0.2, -0.15) is 0 Å². The zero-order chi connectivity index (χ0) is 14.7. The molecule has 2 rings (SSSR count). The van der Waals surface area contributed by atoms with Crippen LogP contribution in [0.25, 0.3) is 0 Å². The van der Waals surface area contributed by atoms with Gasteiger partial charge in [0.25, 0.3) is 0 Å². The fourth-order valence-corrected chi connectivity index (χ4v) is 2.68. The number of amides is 2. The minimum atomic E-state index is -1.07. The van der Waals surface area contributed by atoms with E-state index >= 15 is 0 Å². The summed E-state index contributed by atoms with van der Waals surface area (Å²) in [4.78, 5) is 34.1. The van der Waals surface area contributed by atoms with Crippen molar-refractivity contribution in [3.8, 4) is 0 Å². The molecule has 1 aromatic heterocycles. The fraction of sp³-hybridized carbons (Fsp3) is 0.462. The average molecular weight is 296 g/mol. The largest absolute Gasteiger partial charge is 0.478 e. The van der Waals surface area contributed by atoms with E-state index in [1.165, 1.54) is 6.07 Å². The van der Waals surface area contributed by atoms with Crippen LogP contribution in [0, 0.1) is 11.8 Å². The van der Waals surface area contributed by atoms with E-state index in [9.17, 15) is 14.4 Å². The zero-order valence-electron chi connectivity index (χ0n) is 11.0. The first-order valence-corrected chi connectivity index (χ1v) is 7.25. The molecule has 1 aliphatic carbocycles. The highest BCUT2D eigenvalue weighted by atomic mass is 32.1. The molecule has 0 radical (unpaired) electrons. The summed E-state index contributed by atoms with van der Waals surface area (Å²) in [6, 6.07) is 1.44. The monoisotopic (exact) mass is 296 g/mol. The van der Waals surface area contributed by atoms with Crippen LogP contribution in [0.3, 0.4) is 0 Å². The van der Waals surface area contributed by atoms with Gasteiger partial charge in [-0.3, -0.25) is 9.59 Å². The Kier molecular flexibility index (Phi) is 4.39. The van der Waals surface area contributed by atoms with Crippen molar-refractivity contribution in [2.45, 2.75) is 19.8 Å². The summed E-state index contributed by atoms with van der Waals surface area (Å²) >= 11 is 1.16.